The first-order valence-corrected chi connectivity index (χ1v) is 19.0. The number of aromatic amines is 1. The van der Waals surface area contributed by atoms with Crippen molar-refractivity contribution in [1.82, 2.24) is 25.4 Å². The SMILES string of the molecule is CC(C)(C)OC(=O)N1CCC[C@H]1C1(C)NC=C(c2ccc3cc(-c4ccc5c(=O)c(F)c(C6CCCN6C(=O)OCc6ccccc6)[nH]c5c4)ccc3c2)N1. The summed E-state index contributed by atoms with van der Waals surface area (Å²) in [5.41, 5.74) is 3.40. The molecule has 2 saturated heterocycles. The van der Waals surface area contributed by atoms with Crippen LogP contribution in [0.25, 0.3) is 38.5 Å². The Morgan fingerprint density at radius 2 is 1.53 bits per heavy atom. The molecule has 0 aliphatic carbocycles. The van der Waals surface area contributed by atoms with Gasteiger partial charge in [-0.2, -0.15) is 0 Å². The zero-order chi connectivity index (χ0) is 38.5. The number of rotatable bonds is 6. The second-order valence-electron chi connectivity index (χ2n) is 16.0. The van der Waals surface area contributed by atoms with Crippen molar-refractivity contribution < 1.29 is 23.5 Å². The first kappa shape index (κ1) is 36.2. The predicted molar refractivity (Wildman–Crippen MR) is 211 cm³/mol. The summed E-state index contributed by atoms with van der Waals surface area (Å²) < 4.78 is 27.0. The van der Waals surface area contributed by atoms with Crippen LogP contribution >= 0.6 is 0 Å². The Bertz CT molecular complexity index is 2390. The van der Waals surface area contributed by atoms with E-state index in [1.54, 1.807) is 6.07 Å². The summed E-state index contributed by atoms with van der Waals surface area (Å²) in [7, 11) is 0. The summed E-state index contributed by atoms with van der Waals surface area (Å²) in [5, 5.41) is 9.51. The van der Waals surface area contributed by atoms with Crippen LogP contribution in [0.3, 0.4) is 0 Å². The molecule has 1 aromatic heterocycles. The number of aromatic nitrogens is 1. The summed E-state index contributed by atoms with van der Waals surface area (Å²) >= 11 is 0. The van der Waals surface area contributed by atoms with E-state index in [0.29, 0.717) is 31.4 Å². The molecule has 3 N–H and O–H groups in total. The minimum absolute atomic E-state index is 0.0814. The Hall–Kier alpha value is -5.84. The van der Waals surface area contributed by atoms with Crippen LogP contribution in [-0.4, -0.2) is 57.4 Å². The van der Waals surface area contributed by atoms with Gasteiger partial charge in [0, 0.05) is 24.7 Å². The van der Waals surface area contributed by atoms with Gasteiger partial charge in [-0.3, -0.25) is 9.69 Å². The molecule has 4 heterocycles. The summed E-state index contributed by atoms with van der Waals surface area (Å²) in [4.78, 5) is 46.0. The van der Waals surface area contributed by atoms with E-state index in [1.807, 2.05) is 80.4 Å². The number of carbonyl (C=O) groups is 2. The minimum atomic E-state index is -0.875. The van der Waals surface area contributed by atoms with E-state index in [0.717, 1.165) is 51.6 Å². The van der Waals surface area contributed by atoms with Gasteiger partial charge >= 0.3 is 12.2 Å². The lowest BCUT2D eigenvalue weighted by molar-refractivity contribution is 0.0139. The fourth-order valence-electron chi connectivity index (χ4n) is 8.19. The van der Waals surface area contributed by atoms with Crippen molar-refractivity contribution in [2.75, 3.05) is 13.1 Å². The molecule has 0 bridgehead atoms. The Morgan fingerprint density at radius 1 is 0.855 bits per heavy atom. The molecular formula is C44H46FN5O5. The van der Waals surface area contributed by atoms with Crippen molar-refractivity contribution in [2.24, 2.45) is 0 Å². The molecule has 3 aliphatic heterocycles. The molecule has 3 aliphatic rings. The van der Waals surface area contributed by atoms with Crippen LogP contribution in [0.15, 0.2) is 95.9 Å². The minimum Gasteiger partial charge on any atom is -0.445 e. The van der Waals surface area contributed by atoms with E-state index in [4.69, 9.17) is 9.47 Å². The molecule has 11 heteroatoms. The highest BCUT2D eigenvalue weighted by Crippen LogP contribution is 2.36. The van der Waals surface area contributed by atoms with Crippen LogP contribution in [0.1, 0.15) is 76.2 Å². The number of hydrogen-bond donors (Lipinski definition) is 3. The maximum atomic E-state index is 15.7. The number of halogens is 1. The number of fused-ring (bicyclic) bond motifs is 2. The van der Waals surface area contributed by atoms with E-state index in [-0.39, 0.29) is 29.8 Å². The number of likely N-dealkylation sites (tertiary alicyclic amines) is 2. The third kappa shape index (κ3) is 7.11. The number of H-pyrrole nitrogens is 1. The van der Waals surface area contributed by atoms with Crippen LogP contribution in [0, 0.1) is 5.82 Å². The van der Waals surface area contributed by atoms with Gasteiger partial charge in [0.15, 0.2) is 5.82 Å². The Morgan fingerprint density at radius 3 is 2.29 bits per heavy atom. The van der Waals surface area contributed by atoms with Crippen LogP contribution in [0.4, 0.5) is 14.0 Å². The molecule has 3 atom stereocenters. The maximum absolute atomic E-state index is 15.7. The highest BCUT2D eigenvalue weighted by molar-refractivity contribution is 5.92. The zero-order valence-corrected chi connectivity index (χ0v) is 31.6. The molecule has 2 amide bonds. The van der Waals surface area contributed by atoms with Crippen molar-refractivity contribution in [3.05, 3.63) is 124 Å². The molecular weight excluding hydrogens is 698 g/mol. The van der Waals surface area contributed by atoms with Gasteiger partial charge in [0.25, 0.3) is 0 Å². The highest BCUT2D eigenvalue weighted by Gasteiger charge is 2.46. The summed E-state index contributed by atoms with van der Waals surface area (Å²) in [5.74, 6) is -0.875. The summed E-state index contributed by atoms with van der Waals surface area (Å²) in [6.45, 7) is 8.90. The number of carbonyl (C=O) groups excluding carboxylic acids is 2. The van der Waals surface area contributed by atoms with Crippen molar-refractivity contribution in [3.63, 3.8) is 0 Å². The van der Waals surface area contributed by atoms with E-state index in [9.17, 15) is 14.4 Å². The lowest BCUT2D eigenvalue weighted by atomic mass is 9.97. The Labute approximate surface area is 319 Å². The molecule has 10 nitrogen and oxygen atoms in total. The van der Waals surface area contributed by atoms with Crippen molar-refractivity contribution in [2.45, 2.75) is 83.3 Å². The van der Waals surface area contributed by atoms with Crippen LogP contribution in [0.5, 0.6) is 0 Å². The number of ether oxygens (including phenoxy) is 2. The fraction of sp³-hybridized carbons (Fsp3) is 0.341. The number of benzene rings is 4. The van der Waals surface area contributed by atoms with Gasteiger partial charge in [-0.1, -0.05) is 60.7 Å². The quantitative estimate of drug-likeness (QED) is 0.160. The zero-order valence-electron chi connectivity index (χ0n) is 31.6. The third-order valence-electron chi connectivity index (χ3n) is 10.9. The molecule has 2 fully saturated rings. The Kier molecular flexibility index (Phi) is 9.27. The van der Waals surface area contributed by atoms with Gasteiger partial charge in [0.1, 0.15) is 17.9 Å². The summed E-state index contributed by atoms with van der Waals surface area (Å²) in [6.07, 6.45) is 4.09. The summed E-state index contributed by atoms with van der Waals surface area (Å²) in [6, 6.07) is 26.5. The number of nitrogens with zero attached hydrogens (tertiary/aromatic N) is 2. The van der Waals surface area contributed by atoms with Crippen molar-refractivity contribution in [3.8, 4) is 11.1 Å². The van der Waals surface area contributed by atoms with E-state index in [1.165, 1.54) is 4.90 Å². The smallest absolute Gasteiger partial charge is 0.410 e. The fourth-order valence-corrected chi connectivity index (χ4v) is 8.19. The standard InChI is InChI=1S/C44H46FN5O5/c1-43(2,3)55-42(53)50-21-9-13-37(50)44(4)46-25-35(48-44)32-17-16-28-22-29(14-15-30(28)23-32)31-18-19-33-34(24-31)47-39(38(45)40(33)51)36-12-8-20-49(36)41(52)54-26-27-10-6-5-7-11-27/h5-7,10-11,14-19,22-25,36-37,46,48H,8-9,12-13,20-21,26H2,1-4H3,(H,47,51)/t36?,37-,44?/m0/s1. The van der Waals surface area contributed by atoms with Crippen molar-refractivity contribution in [1.29, 1.82) is 0 Å². The molecule has 8 rings (SSSR count). The van der Waals surface area contributed by atoms with Crippen molar-refractivity contribution >= 4 is 39.6 Å². The normalized spacial score (nSPS) is 21.1. The topological polar surface area (TPSA) is 116 Å². The van der Waals surface area contributed by atoms with Gasteiger partial charge in [-0.05, 0) is 111 Å². The molecule has 0 saturated carbocycles. The first-order chi connectivity index (χ1) is 26.4. The first-order valence-electron chi connectivity index (χ1n) is 19.0. The molecule has 4 aromatic carbocycles. The number of pyridine rings is 1. The van der Waals surface area contributed by atoms with Crippen LogP contribution < -0.4 is 16.1 Å². The highest BCUT2D eigenvalue weighted by atomic mass is 19.1. The lowest BCUT2D eigenvalue weighted by Gasteiger charge is -2.39. The molecule has 0 radical (unpaired) electrons. The van der Waals surface area contributed by atoms with E-state index < -0.39 is 34.6 Å². The molecule has 284 valence electrons. The number of amides is 2. The predicted octanol–water partition coefficient (Wildman–Crippen LogP) is 8.57. The largest absolute Gasteiger partial charge is 0.445 e. The molecule has 0 spiro atoms. The van der Waals surface area contributed by atoms with E-state index in [2.05, 4.69) is 52.9 Å². The monoisotopic (exact) mass is 743 g/mol. The van der Waals surface area contributed by atoms with Gasteiger partial charge in [-0.15, -0.1) is 0 Å². The van der Waals surface area contributed by atoms with Gasteiger partial charge in [0.2, 0.25) is 5.43 Å². The average Bonchev–Trinajstić information content (AvgIpc) is 3.96. The average molecular weight is 744 g/mol. The maximum Gasteiger partial charge on any atom is 0.410 e. The Balaban J connectivity index is 1.01. The van der Waals surface area contributed by atoms with Gasteiger partial charge < -0.3 is 30.0 Å². The van der Waals surface area contributed by atoms with E-state index >= 15 is 4.39 Å². The second kappa shape index (κ2) is 14.1. The molecule has 5 aromatic rings. The molecule has 2 unspecified atom stereocenters. The van der Waals surface area contributed by atoms with Crippen LogP contribution in [-0.2, 0) is 16.1 Å². The van der Waals surface area contributed by atoms with Gasteiger partial charge in [-0.25, -0.2) is 14.0 Å². The lowest BCUT2D eigenvalue weighted by Crippen LogP contribution is -2.61. The third-order valence-corrected chi connectivity index (χ3v) is 10.9. The molecule has 55 heavy (non-hydrogen) atoms. The van der Waals surface area contributed by atoms with Gasteiger partial charge in [0.05, 0.1) is 29.0 Å². The number of nitrogens with one attached hydrogen (secondary N) is 3. The number of hydrogen-bond acceptors (Lipinski definition) is 7. The van der Waals surface area contributed by atoms with Crippen LogP contribution in [0.2, 0.25) is 0 Å². The second-order valence-corrected chi connectivity index (χ2v) is 16.0.